The minimum Gasteiger partial charge on any atom is -0.321 e. The Morgan fingerprint density at radius 3 is 2.42 bits per heavy atom. The van der Waals surface area contributed by atoms with Gasteiger partial charge in [-0.1, -0.05) is 74.9 Å². The van der Waals surface area contributed by atoms with Crippen LogP contribution in [0.2, 0.25) is 0 Å². The van der Waals surface area contributed by atoms with Crippen molar-refractivity contribution in [1.82, 2.24) is 24.5 Å². The van der Waals surface area contributed by atoms with Crippen LogP contribution in [-0.2, 0) is 12.1 Å². The van der Waals surface area contributed by atoms with Crippen LogP contribution in [0.4, 0.5) is 0 Å². The van der Waals surface area contributed by atoms with E-state index in [1.165, 1.54) is 24.8 Å². The fourth-order valence-electron chi connectivity index (χ4n) is 5.55. The molecule has 2 aromatic carbocycles. The van der Waals surface area contributed by atoms with Crippen molar-refractivity contribution in [3.05, 3.63) is 84.3 Å². The smallest absolute Gasteiger partial charge is 0.170 e. The van der Waals surface area contributed by atoms with Crippen LogP contribution < -0.4 is 5.73 Å². The Bertz CT molecular complexity index is 1550. The highest BCUT2D eigenvalue weighted by atomic mass is 15.3. The molecule has 0 amide bonds. The van der Waals surface area contributed by atoms with Crippen LogP contribution in [0.15, 0.2) is 72.9 Å². The molecule has 194 valence electrons. The molecule has 3 aromatic heterocycles. The molecule has 1 aliphatic carbocycles. The summed E-state index contributed by atoms with van der Waals surface area (Å²) in [5.74, 6) is 0.965. The van der Waals surface area contributed by atoms with E-state index in [4.69, 9.17) is 10.7 Å². The lowest BCUT2D eigenvalue weighted by Crippen LogP contribution is -2.43. The maximum Gasteiger partial charge on any atom is 0.170 e. The number of benzene rings is 2. The molecule has 0 bridgehead atoms. The van der Waals surface area contributed by atoms with E-state index in [1.807, 2.05) is 6.07 Å². The number of unbranched alkanes of at least 4 members (excludes halogenated alkanes) is 1. The molecule has 1 fully saturated rings. The van der Waals surface area contributed by atoms with E-state index in [0.717, 1.165) is 77.2 Å². The summed E-state index contributed by atoms with van der Waals surface area (Å²) in [6.07, 6.45) is 7.76. The molecule has 6 nitrogen and oxygen atoms in total. The standard InChI is InChI=1S/C32H36N6/c1-3-5-19-37(4-2)22-29-35-36-31-27-21-26(23-10-7-6-8-11-23)30(34-28(27)16-20-38(29)31)24-12-14-25(15-13-24)32(33)17-9-18-32/h6-8,10-16,20-21H,3-5,9,17-19,22,33H2,1-2H3. The molecular formula is C32H36N6. The highest BCUT2D eigenvalue weighted by Crippen LogP contribution is 2.40. The van der Waals surface area contributed by atoms with Gasteiger partial charge in [0.05, 0.1) is 17.8 Å². The summed E-state index contributed by atoms with van der Waals surface area (Å²) in [7, 11) is 0. The van der Waals surface area contributed by atoms with Crippen molar-refractivity contribution in [3.63, 3.8) is 0 Å². The van der Waals surface area contributed by atoms with Gasteiger partial charge in [0.1, 0.15) is 0 Å². The lowest BCUT2D eigenvalue weighted by molar-refractivity contribution is 0.253. The molecule has 6 heteroatoms. The number of nitrogens with two attached hydrogens (primary N) is 1. The predicted molar refractivity (Wildman–Crippen MR) is 155 cm³/mol. The monoisotopic (exact) mass is 504 g/mol. The van der Waals surface area contributed by atoms with Gasteiger partial charge in [-0.2, -0.15) is 0 Å². The Morgan fingerprint density at radius 1 is 0.947 bits per heavy atom. The second-order valence-electron chi connectivity index (χ2n) is 10.6. The van der Waals surface area contributed by atoms with Crippen molar-refractivity contribution >= 4 is 16.6 Å². The van der Waals surface area contributed by atoms with Crippen molar-refractivity contribution in [2.24, 2.45) is 5.73 Å². The van der Waals surface area contributed by atoms with E-state index in [-0.39, 0.29) is 5.54 Å². The molecule has 6 rings (SSSR count). The van der Waals surface area contributed by atoms with Gasteiger partial charge in [-0.25, -0.2) is 4.98 Å². The Morgan fingerprint density at radius 2 is 1.74 bits per heavy atom. The summed E-state index contributed by atoms with van der Waals surface area (Å²) in [6, 6.07) is 23.5. The van der Waals surface area contributed by atoms with Crippen molar-refractivity contribution in [2.75, 3.05) is 13.1 Å². The van der Waals surface area contributed by atoms with E-state index in [1.54, 1.807) is 0 Å². The zero-order chi connectivity index (χ0) is 26.1. The fourth-order valence-corrected chi connectivity index (χ4v) is 5.55. The van der Waals surface area contributed by atoms with Crippen molar-refractivity contribution < 1.29 is 0 Å². The Hall–Kier alpha value is -3.61. The molecular weight excluding hydrogens is 468 g/mol. The SMILES string of the molecule is CCCCN(CC)Cc1nnc2c3cc(-c4ccccc4)c(-c4ccc(C5(N)CCC5)cc4)nc3ccn12. The molecule has 0 unspecified atom stereocenters. The summed E-state index contributed by atoms with van der Waals surface area (Å²) in [4.78, 5) is 7.63. The zero-order valence-corrected chi connectivity index (χ0v) is 22.4. The third-order valence-electron chi connectivity index (χ3n) is 8.14. The van der Waals surface area contributed by atoms with E-state index in [0.29, 0.717) is 0 Å². The molecule has 0 aliphatic heterocycles. The topological polar surface area (TPSA) is 72.3 Å². The van der Waals surface area contributed by atoms with Crippen LogP contribution in [0.25, 0.3) is 38.9 Å². The first-order valence-electron chi connectivity index (χ1n) is 13.9. The quantitative estimate of drug-likeness (QED) is 0.246. The van der Waals surface area contributed by atoms with Crippen LogP contribution in [0.5, 0.6) is 0 Å². The van der Waals surface area contributed by atoms with Crippen LogP contribution in [-0.4, -0.2) is 37.6 Å². The lowest BCUT2D eigenvalue weighted by atomic mass is 9.72. The van der Waals surface area contributed by atoms with Gasteiger partial charge < -0.3 is 5.73 Å². The average Bonchev–Trinajstić information content (AvgIpc) is 3.36. The highest BCUT2D eigenvalue weighted by molar-refractivity contribution is 5.98. The molecule has 1 saturated carbocycles. The second-order valence-corrected chi connectivity index (χ2v) is 10.6. The van der Waals surface area contributed by atoms with Crippen molar-refractivity contribution in [3.8, 4) is 22.4 Å². The molecule has 0 atom stereocenters. The zero-order valence-electron chi connectivity index (χ0n) is 22.4. The number of aromatic nitrogens is 4. The molecule has 38 heavy (non-hydrogen) atoms. The molecule has 2 N–H and O–H groups in total. The Labute approximate surface area is 224 Å². The third kappa shape index (κ3) is 4.48. The number of nitrogens with zero attached hydrogens (tertiary/aromatic N) is 5. The van der Waals surface area contributed by atoms with Gasteiger partial charge in [0.2, 0.25) is 0 Å². The minimum absolute atomic E-state index is 0.168. The summed E-state index contributed by atoms with van der Waals surface area (Å²) >= 11 is 0. The van der Waals surface area contributed by atoms with E-state index >= 15 is 0 Å². The number of fused-ring (bicyclic) bond motifs is 3. The van der Waals surface area contributed by atoms with Gasteiger partial charge in [0, 0.05) is 28.2 Å². The van der Waals surface area contributed by atoms with Gasteiger partial charge >= 0.3 is 0 Å². The van der Waals surface area contributed by atoms with Gasteiger partial charge in [0.25, 0.3) is 0 Å². The molecule has 3 heterocycles. The first-order chi connectivity index (χ1) is 18.6. The minimum atomic E-state index is -0.168. The maximum atomic E-state index is 6.59. The molecule has 0 radical (unpaired) electrons. The van der Waals surface area contributed by atoms with E-state index in [9.17, 15) is 0 Å². The number of hydrogen-bond acceptors (Lipinski definition) is 5. The predicted octanol–water partition coefficient (Wildman–Crippen LogP) is 6.57. The van der Waals surface area contributed by atoms with Crippen LogP contribution >= 0.6 is 0 Å². The number of rotatable bonds is 9. The van der Waals surface area contributed by atoms with Crippen molar-refractivity contribution in [2.45, 2.75) is 58.0 Å². The van der Waals surface area contributed by atoms with Gasteiger partial charge in [0.15, 0.2) is 11.5 Å². The Kier molecular flexibility index (Phi) is 6.68. The van der Waals surface area contributed by atoms with E-state index in [2.05, 4.69) is 100 Å². The second kappa shape index (κ2) is 10.3. The normalized spacial score (nSPS) is 14.8. The maximum absolute atomic E-state index is 6.59. The van der Waals surface area contributed by atoms with E-state index < -0.39 is 0 Å². The largest absolute Gasteiger partial charge is 0.321 e. The number of hydrogen-bond donors (Lipinski definition) is 1. The summed E-state index contributed by atoms with van der Waals surface area (Å²) < 4.78 is 2.13. The fraction of sp³-hybridized carbons (Fsp3) is 0.344. The van der Waals surface area contributed by atoms with Crippen LogP contribution in [0.3, 0.4) is 0 Å². The summed E-state index contributed by atoms with van der Waals surface area (Å²) in [5.41, 5.74) is 13.7. The molecule has 0 saturated heterocycles. The Balaban J connectivity index is 1.45. The molecule has 1 aliphatic rings. The summed E-state index contributed by atoms with van der Waals surface area (Å²) in [6.45, 7) is 7.29. The summed E-state index contributed by atoms with van der Waals surface area (Å²) in [5, 5.41) is 10.3. The third-order valence-corrected chi connectivity index (χ3v) is 8.14. The lowest BCUT2D eigenvalue weighted by Gasteiger charge is -2.38. The van der Waals surface area contributed by atoms with Gasteiger partial charge in [-0.3, -0.25) is 9.30 Å². The molecule has 0 spiro atoms. The van der Waals surface area contributed by atoms with Crippen molar-refractivity contribution in [1.29, 1.82) is 0 Å². The first kappa shape index (κ1) is 24.7. The van der Waals surface area contributed by atoms with Crippen LogP contribution in [0.1, 0.15) is 57.3 Å². The van der Waals surface area contributed by atoms with Crippen LogP contribution in [0, 0.1) is 0 Å². The molecule has 5 aromatic rings. The van der Waals surface area contributed by atoms with Gasteiger partial charge in [-0.15, -0.1) is 10.2 Å². The average molecular weight is 505 g/mol. The first-order valence-corrected chi connectivity index (χ1v) is 13.9. The van der Waals surface area contributed by atoms with Gasteiger partial charge in [-0.05, 0) is 62.0 Å². The highest BCUT2D eigenvalue weighted by Gasteiger charge is 2.34. The number of pyridine rings is 2.